The first-order chi connectivity index (χ1) is 9.28. The van der Waals surface area contributed by atoms with E-state index < -0.39 is 20.5 Å². The number of hydrogen-bond acceptors (Lipinski definition) is 5. The highest BCUT2D eigenvalue weighted by atomic mass is 32.2. The first kappa shape index (κ1) is 14.9. The number of non-ortho nitro benzene ring substituents is 1. The number of nitrogens with two attached hydrogens (primary N) is 1. The molecular weight excluding hydrogens is 282 g/mol. The van der Waals surface area contributed by atoms with Crippen molar-refractivity contribution in [3.05, 3.63) is 34.4 Å². The van der Waals surface area contributed by atoms with Crippen molar-refractivity contribution in [1.29, 1.82) is 0 Å². The third-order valence-corrected chi connectivity index (χ3v) is 5.26. The number of nitro benzene ring substituents is 1. The fraction of sp³-hybridized carbons (Fsp3) is 0.500. The van der Waals surface area contributed by atoms with Crippen LogP contribution in [-0.4, -0.2) is 25.4 Å². The zero-order valence-corrected chi connectivity index (χ0v) is 11.9. The fourth-order valence-corrected chi connectivity index (χ4v) is 3.60. The molecule has 2 rings (SSSR count). The maximum atomic E-state index is 12.3. The molecule has 0 radical (unpaired) electrons. The summed E-state index contributed by atoms with van der Waals surface area (Å²) in [5, 5.41) is 10.6. The molecule has 1 unspecified atom stereocenters. The van der Waals surface area contributed by atoms with Gasteiger partial charge < -0.3 is 5.73 Å². The van der Waals surface area contributed by atoms with E-state index in [2.05, 4.69) is 4.72 Å². The molecule has 0 amide bonds. The molecule has 0 bridgehead atoms. The van der Waals surface area contributed by atoms with E-state index in [9.17, 15) is 18.5 Å². The van der Waals surface area contributed by atoms with Crippen molar-refractivity contribution in [3.8, 4) is 0 Å². The summed E-state index contributed by atoms with van der Waals surface area (Å²) in [6, 6.07) is 4.80. The lowest BCUT2D eigenvalue weighted by atomic mass is 9.98. The highest BCUT2D eigenvalue weighted by molar-refractivity contribution is 7.89. The molecule has 1 atom stereocenters. The van der Waals surface area contributed by atoms with Gasteiger partial charge in [0.25, 0.3) is 5.69 Å². The summed E-state index contributed by atoms with van der Waals surface area (Å²) >= 11 is 0. The molecule has 0 saturated heterocycles. The molecule has 0 aromatic heterocycles. The molecule has 8 heteroatoms. The third kappa shape index (κ3) is 2.97. The lowest BCUT2D eigenvalue weighted by Gasteiger charge is -2.29. The Bertz CT molecular complexity index is 610. The maximum absolute atomic E-state index is 12.3. The first-order valence-corrected chi connectivity index (χ1v) is 7.75. The topological polar surface area (TPSA) is 115 Å². The number of nitrogens with zero attached hydrogens (tertiary/aromatic N) is 1. The Morgan fingerprint density at radius 3 is 2.35 bits per heavy atom. The molecule has 0 heterocycles. The van der Waals surface area contributed by atoms with Gasteiger partial charge in [-0.15, -0.1) is 0 Å². The second-order valence-corrected chi connectivity index (χ2v) is 6.93. The summed E-state index contributed by atoms with van der Waals surface area (Å²) in [6.45, 7) is 2.00. The van der Waals surface area contributed by atoms with Crippen LogP contribution < -0.4 is 10.5 Å². The van der Waals surface area contributed by atoms with Gasteiger partial charge in [-0.2, -0.15) is 0 Å². The van der Waals surface area contributed by atoms with Crippen LogP contribution in [0.5, 0.6) is 0 Å². The smallest absolute Gasteiger partial charge is 0.269 e. The number of nitro groups is 1. The van der Waals surface area contributed by atoms with E-state index in [-0.39, 0.29) is 23.0 Å². The molecule has 20 heavy (non-hydrogen) atoms. The molecule has 1 aliphatic carbocycles. The molecule has 1 aromatic rings. The molecule has 3 N–H and O–H groups in total. The highest BCUT2D eigenvalue weighted by Gasteiger charge is 2.43. The van der Waals surface area contributed by atoms with Gasteiger partial charge in [-0.05, 0) is 37.8 Å². The van der Waals surface area contributed by atoms with Crippen LogP contribution in [-0.2, 0) is 10.0 Å². The number of rotatable bonds is 6. The predicted molar refractivity (Wildman–Crippen MR) is 73.6 cm³/mol. The minimum atomic E-state index is -3.73. The lowest BCUT2D eigenvalue weighted by Crippen LogP contribution is -2.52. The number of sulfonamides is 1. The molecule has 1 aromatic carbocycles. The average molecular weight is 299 g/mol. The van der Waals surface area contributed by atoms with Crippen molar-refractivity contribution in [3.63, 3.8) is 0 Å². The summed E-state index contributed by atoms with van der Waals surface area (Å²) in [5.74, 6) is 0.250. The molecule has 110 valence electrons. The predicted octanol–water partition coefficient (Wildman–Crippen LogP) is 1.00. The van der Waals surface area contributed by atoms with Crippen LogP contribution in [0, 0.1) is 16.0 Å². The van der Waals surface area contributed by atoms with Crippen LogP contribution in [0.25, 0.3) is 0 Å². The van der Waals surface area contributed by atoms with Crippen molar-refractivity contribution >= 4 is 15.7 Å². The summed E-state index contributed by atoms with van der Waals surface area (Å²) in [5.41, 5.74) is 4.87. The lowest BCUT2D eigenvalue weighted by molar-refractivity contribution is -0.384. The quantitative estimate of drug-likeness (QED) is 0.600. The second kappa shape index (κ2) is 5.12. The van der Waals surface area contributed by atoms with E-state index in [4.69, 9.17) is 5.73 Å². The molecule has 1 fully saturated rings. The molecular formula is C12H17N3O4S. The standard InChI is InChI=1S/C12H17N3O4S/c1-12(8-13,9-2-3-9)14-20(18,19)11-6-4-10(5-7-11)15(16)17/h4-7,9,14H,2-3,8,13H2,1H3. The van der Waals surface area contributed by atoms with Gasteiger partial charge in [0.05, 0.1) is 9.82 Å². The Balaban J connectivity index is 2.23. The summed E-state index contributed by atoms with van der Waals surface area (Å²) in [7, 11) is -3.73. The summed E-state index contributed by atoms with van der Waals surface area (Å²) < 4.78 is 27.2. The Labute approximate surface area is 117 Å². The Kier molecular flexibility index (Phi) is 3.81. The van der Waals surface area contributed by atoms with Gasteiger partial charge in [0.15, 0.2) is 0 Å². The minimum Gasteiger partial charge on any atom is -0.329 e. The fourth-order valence-electron chi connectivity index (χ4n) is 2.13. The molecule has 1 saturated carbocycles. The van der Waals surface area contributed by atoms with Crippen molar-refractivity contribution in [2.24, 2.45) is 11.7 Å². The van der Waals surface area contributed by atoms with Crippen molar-refractivity contribution in [1.82, 2.24) is 4.72 Å². The normalized spacial score (nSPS) is 18.5. The number of nitrogens with one attached hydrogen (secondary N) is 1. The van der Waals surface area contributed by atoms with E-state index in [1.165, 1.54) is 24.3 Å². The zero-order valence-electron chi connectivity index (χ0n) is 11.1. The van der Waals surface area contributed by atoms with Crippen molar-refractivity contribution < 1.29 is 13.3 Å². The van der Waals surface area contributed by atoms with Crippen LogP contribution in [0.4, 0.5) is 5.69 Å². The Morgan fingerprint density at radius 2 is 1.95 bits per heavy atom. The van der Waals surface area contributed by atoms with Gasteiger partial charge in [-0.1, -0.05) is 0 Å². The maximum Gasteiger partial charge on any atom is 0.269 e. The van der Waals surface area contributed by atoms with Gasteiger partial charge >= 0.3 is 0 Å². The molecule has 0 spiro atoms. The van der Waals surface area contributed by atoms with Crippen LogP contribution in [0.1, 0.15) is 19.8 Å². The Hall–Kier alpha value is -1.51. The highest BCUT2D eigenvalue weighted by Crippen LogP contribution is 2.39. The van der Waals surface area contributed by atoms with Gasteiger partial charge in [-0.25, -0.2) is 13.1 Å². The van der Waals surface area contributed by atoms with Gasteiger partial charge in [0, 0.05) is 24.2 Å². The summed E-state index contributed by atoms with van der Waals surface area (Å²) in [6.07, 6.45) is 1.91. The monoisotopic (exact) mass is 299 g/mol. The number of hydrogen-bond donors (Lipinski definition) is 2. The average Bonchev–Trinajstić information content (AvgIpc) is 3.23. The third-order valence-electron chi connectivity index (χ3n) is 3.63. The van der Waals surface area contributed by atoms with E-state index >= 15 is 0 Å². The molecule has 0 aliphatic heterocycles. The zero-order chi connectivity index (χ0) is 15.0. The Morgan fingerprint density at radius 1 is 1.40 bits per heavy atom. The molecule has 7 nitrogen and oxygen atoms in total. The van der Waals surface area contributed by atoms with Gasteiger partial charge in [0.1, 0.15) is 0 Å². The second-order valence-electron chi connectivity index (χ2n) is 5.25. The van der Waals surface area contributed by atoms with Crippen molar-refractivity contribution in [2.75, 3.05) is 6.54 Å². The van der Waals surface area contributed by atoms with E-state index in [0.717, 1.165) is 12.8 Å². The largest absolute Gasteiger partial charge is 0.329 e. The van der Waals surface area contributed by atoms with E-state index in [1.807, 2.05) is 0 Å². The van der Waals surface area contributed by atoms with Gasteiger partial charge in [0.2, 0.25) is 10.0 Å². The van der Waals surface area contributed by atoms with Crippen molar-refractivity contribution in [2.45, 2.75) is 30.2 Å². The van der Waals surface area contributed by atoms with Crippen LogP contribution >= 0.6 is 0 Å². The summed E-state index contributed by atoms with van der Waals surface area (Å²) in [4.78, 5) is 9.99. The molecule has 1 aliphatic rings. The van der Waals surface area contributed by atoms with Gasteiger partial charge in [-0.3, -0.25) is 10.1 Å². The van der Waals surface area contributed by atoms with Crippen LogP contribution in [0.3, 0.4) is 0 Å². The number of benzene rings is 1. The minimum absolute atomic E-state index is 0.00317. The van der Waals surface area contributed by atoms with Crippen LogP contribution in [0.2, 0.25) is 0 Å². The SMILES string of the molecule is CC(CN)(NS(=O)(=O)c1ccc([N+](=O)[O-])cc1)C1CC1. The first-order valence-electron chi connectivity index (χ1n) is 6.27. The van der Waals surface area contributed by atoms with E-state index in [0.29, 0.717) is 0 Å². The van der Waals surface area contributed by atoms with E-state index in [1.54, 1.807) is 6.92 Å². The van der Waals surface area contributed by atoms with Crippen LogP contribution in [0.15, 0.2) is 29.2 Å².